The summed E-state index contributed by atoms with van der Waals surface area (Å²) in [5, 5.41) is 0. The Bertz CT molecular complexity index is 1460. The highest BCUT2D eigenvalue weighted by molar-refractivity contribution is 7.45. The summed E-state index contributed by atoms with van der Waals surface area (Å²) in [5.74, 6) is -0.818. The zero-order valence-electron chi connectivity index (χ0n) is 56.9. The number of ether oxygens (including phenoxy) is 2. The van der Waals surface area contributed by atoms with Gasteiger partial charge in [0.2, 0.25) is 0 Å². The van der Waals surface area contributed by atoms with Crippen LogP contribution in [0.15, 0.2) is 24.3 Å². The summed E-state index contributed by atoms with van der Waals surface area (Å²) < 4.78 is 34.3. The van der Waals surface area contributed by atoms with Crippen LogP contribution in [-0.4, -0.2) is 70.0 Å². The van der Waals surface area contributed by atoms with Gasteiger partial charge in [-0.3, -0.25) is 14.2 Å². The molecule has 0 heterocycles. The molecule has 0 aromatic heterocycles. The van der Waals surface area contributed by atoms with E-state index in [0.29, 0.717) is 17.4 Å². The van der Waals surface area contributed by atoms with E-state index in [1.165, 1.54) is 302 Å². The molecule has 0 fully saturated rings. The van der Waals surface area contributed by atoms with Gasteiger partial charge >= 0.3 is 11.9 Å². The van der Waals surface area contributed by atoms with Crippen molar-refractivity contribution in [1.82, 2.24) is 0 Å². The van der Waals surface area contributed by atoms with E-state index in [1.807, 2.05) is 21.1 Å². The summed E-state index contributed by atoms with van der Waals surface area (Å²) >= 11 is 0. The third-order valence-corrected chi connectivity index (χ3v) is 17.9. The van der Waals surface area contributed by atoms with E-state index < -0.39 is 26.5 Å². The van der Waals surface area contributed by atoms with Crippen LogP contribution >= 0.6 is 7.82 Å². The van der Waals surface area contributed by atoms with Gasteiger partial charge in [0, 0.05) is 12.8 Å². The maximum atomic E-state index is 12.8. The van der Waals surface area contributed by atoms with Crippen LogP contribution in [0.25, 0.3) is 0 Å². The van der Waals surface area contributed by atoms with Crippen molar-refractivity contribution in [1.29, 1.82) is 0 Å². The monoisotopic (exact) mass is 1210 g/mol. The van der Waals surface area contributed by atoms with Crippen molar-refractivity contribution in [2.24, 2.45) is 0 Å². The lowest BCUT2D eigenvalue weighted by Crippen LogP contribution is -2.37. The summed E-state index contributed by atoms with van der Waals surface area (Å²) in [5.41, 5.74) is 0. The number of phosphoric ester groups is 1. The second-order valence-electron chi connectivity index (χ2n) is 26.7. The van der Waals surface area contributed by atoms with Gasteiger partial charge in [0.1, 0.15) is 19.8 Å². The van der Waals surface area contributed by atoms with E-state index in [2.05, 4.69) is 38.2 Å². The number of likely N-dealkylation sites (N-methyl/N-ethyl adjacent to an activating group) is 1. The molecule has 0 aliphatic carbocycles. The number of hydrogen-bond acceptors (Lipinski definition) is 8. The number of phosphoric acid groups is 1. The number of allylic oxidation sites excluding steroid dienone is 4. The van der Waals surface area contributed by atoms with Crippen molar-refractivity contribution < 1.29 is 42.1 Å². The van der Waals surface area contributed by atoms with Gasteiger partial charge in [0.15, 0.2) is 6.10 Å². The Kier molecular flexibility index (Phi) is 64.7. The molecule has 498 valence electrons. The Morgan fingerprint density at radius 2 is 0.643 bits per heavy atom. The molecule has 0 aliphatic heterocycles. The zero-order valence-corrected chi connectivity index (χ0v) is 57.8. The number of carbonyl (C=O) groups is 2. The lowest BCUT2D eigenvalue weighted by molar-refractivity contribution is -0.870. The highest BCUT2D eigenvalue weighted by Gasteiger charge is 2.22. The number of carbonyl (C=O) groups excluding carboxylic acids is 2. The molecule has 2 atom stereocenters. The van der Waals surface area contributed by atoms with Gasteiger partial charge in [0.25, 0.3) is 7.82 Å². The molecule has 0 aliphatic rings. The first-order valence-electron chi connectivity index (χ1n) is 37.0. The molecule has 0 aromatic rings. The van der Waals surface area contributed by atoms with Crippen LogP contribution in [0.5, 0.6) is 0 Å². The van der Waals surface area contributed by atoms with E-state index in [9.17, 15) is 19.0 Å². The summed E-state index contributed by atoms with van der Waals surface area (Å²) in [6.45, 7) is 4.28. The van der Waals surface area contributed by atoms with Gasteiger partial charge in [-0.05, 0) is 44.9 Å². The van der Waals surface area contributed by atoms with Gasteiger partial charge < -0.3 is 27.9 Å². The number of nitrogens with zero attached hydrogens (tertiary/aromatic N) is 1. The van der Waals surface area contributed by atoms with Crippen LogP contribution in [-0.2, 0) is 32.7 Å². The minimum Gasteiger partial charge on any atom is -0.756 e. The Balaban J connectivity index is 3.83. The number of esters is 2. The summed E-state index contributed by atoms with van der Waals surface area (Å²) in [4.78, 5) is 38.0. The van der Waals surface area contributed by atoms with E-state index in [-0.39, 0.29) is 32.0 Å². The molecule has 0 radical (unpaired) electrons. The smallest absolute Gasteiger partial charge is 0.306 e. The van der Waals surface area contributed by atoms with Crippen LogP contribution in [0.4, 0.5) is 0 Å². The third-order valence-electron chi connectivity index (χ3n) is 17.0. The fraction of sp³-hybridized carbons (Fsp3) is 0.919. The first kappa shape index (κ1) is 82.5. The van der Waals surface area contributed by atoms with E-state index >= 15 is 0 Å². The van der Waals surface area contributed by atoms with Crippen LogP contribution in [0.1, 0.15) is 386 Å². The van der Waals surface area contributed by atoms with Crippen molar-refractivity contribution >= 4 is 19.8 Å². The average molecular weight is 1210 g/mol. The minimum atomic E-state index is -4.64. The number of rotatable bonds is 70. The van der Waals surface area contributed by atoms with E-state index in [4.69, 9.17) is 18.5 Å². The quantitative estimate of drug-likeness (QED) is 0.0195. The molecule has 0 spiro atoms. The van der Waals surface area contributed by atoms with Crippen molar-refractivity contribution in [3.63, 3.8) is 0 Å². The van der Waals surface area contributed by atoms with Crippen LogP contribution in [0.2, 0.25) is 0 Å². The largest absolute Gasteiger partial charge is 0.756 e. The average Bonchev–Trinajstić information content (AvgIpc) is 3.61. The molecule has 0 bridgehead atoms. The fourth-order valence-corrected chi connectivity index (χ4v) is 12.0. The molecule has 0 amide bonds. The predicted molar refractivity (Wildman–Crippen MR) is 361 cm³/mol. The molecule has 0 rings (SSSR count). The number of quaternary nitrogens is 1. The Morgan fingerprint density at radius 3 is 0.964 bits per heavy atom. The molecular formula is C74H144NO8P. The van der Waals surface area contributed by atoms with Crippen LogP contribution in [0, 0.1) is 0 Å². The molecule has 0 aromatic carbocycles. The van der Waals surface area contributed by atoms with E-state index in [0.717, 1.165) is 51.4 Å². The summed E-state index contributed by atoms with van der Waals surface area (Å²) in [6, 6.07) is 0. The van der Waals surface area contributed by atoms with Gasteiger partial charge in [-0.1, -0.05) is 353 Å². The normalized spacial score (nSPS) is 13.2. The van der Waals surface area contributed by atoms with Crippen molar-refractivity contribution in [3.8, 4) is 0 Å². The highest BCUT2D eigenvalue weighted by Crippen LogP contribution is 2.38. The van der Waals surface area contributed by atoms with Crippen LogP contribution < -0.4 is 4.89 Å². The molecular weight excluding hydrogens is 1060 g/mol. The van der Waals surface area contributed by atoms with Crippen molar-refractivity contribution in [2.75, 3.05) is 47.5 Å². The first-order valence-corrected chi connectivity index (χ1v) is 38.5. The Hall–Kier alpha value is -1.51. The maximum Gasteiger partial charge on any atom is 0.306 e. The molecule has 84 heavy (non-hydrogen) atoms. The first-order chi connectivity index (χ1) is 41.0. The van der Waals surface area contributed by atoms with Gasteiger partial charge in [-0.2, -0.15) is 0 Å². The Morgan fingerprint density at radius 1 is 0.369 bits per heavy atom. The second kappa shape index (κ2) is 65.9. The molecule has 0 saturated carbocycles. The number of unbranched alkanes of at least 4 members (excludes halogenated alkanes) is 52. The predicted octanol–water partition coefficient (Wildman–Crippen LogP) is 23.4. The van der Waals surface area contributed by atoms with Gasteiger partial charge in [-0.15, -0.1) is 0 Å². The topological polar surface area (TPSA) is 111 Å². The van der Waals surface area contributed by atoms with Crippen molar-refractivity contribution in [2.45, 2.75) is 392 Å². The summed E-state index contributed by atoms with van der Waals surface area (Å²) in [6.07, 6.45) is 83.0. The van der Waals surface area contributed by atoms with Gasteiger partial charge in [0.05, 0.1) is 27.7 Å². The zero-order chi connectivity index (χ0) is 61.2. The molecule has 10 heteroatoms. The van der Waals surface area contributed by atoms with Crippen molar-refractivity contribution in [3.05, 3.63) is 24.3 Å². The van der Waals surface area contributed by atoms with E-state index in [1.54, 1.807) is 0 Å². The SMILES string of the molecule is CCCCC/C=C\C/C=C\CCCCCCCCCCCC(=O)OC(COC(=O)CCCCCCCCCCCCCCCCCCCCCCCCCCCCCCCCCCCCCCCCCCC)COP(=O)([O-])OCC[N+](C)(C)C. The lowest BCUT2D eigenvalue weighted by atomic mass is 10.0. The standard InChI is InChI=1S/C74H144NO8P/c1-6-8-10-12-14-16-18-20-22-24-26-27-28-29-30-31-32-33-34-35-36-37-38-39-40-41-42-43-44-45-46-47-49-50-52-54-56-58-60-62-64-66-73(76)80-70-72(71-82-84(78,79)81-69-68-75(3,4)5)83-74(77)67-65-63-61-59-57-55-53-51-48-25-23-21-19-17-15-13-11-9-7-2/h15,17,21,23,72H,6-14,16,18-20,22,24-71H2,1-5H3/b17-15-,23-21-. The molecule has 2 unspecified atom stereocenters. The molecule has 0 saturated heterocycles. The second-order valence-corrected chi connectivity index (χ2v) is 28.1. The molecule has 9 nitrogen and oxygen atoms in total. The molecule has 0 N–H and O–H groups in total. The maximum absolute atomic E-state index is 12.8. The highest BCUT2D eigenvalue weighted by atomic mass is 31.2. The summed E-state index contributed by atoms with van der Waals surface area (Å²) in [7, 11) is 1.18. The Labute approximate surface area is 523 Å². The third kappa shape index (κ3) is 69.6. The fourth-order valence-electron chi connectivity index (χ4n) is 11.3. The van der Waals surface area contributed by atoms with Crippen LogP contribution in [0.3, 0.4) is 0 Å². The minimum absolute atomic E-state index is 0.0291. The van der Waals surface area contributed by atoms with Gasteiger partial charge in [-0.25, -0.2) is 0 Å². The lowest BCUT2D eigenvalue weighted by Gasteiger charge is -2.28. The number of hydrogen-bond donors (Lipinski definition) is 0.